The van der Waals surface area contributed by atoms with Crippen LogP contribution in [0.4, 0.5) is 0 Å². The van der Waals surface area contributed by atoms with Gasteiger partial charge in [0.05, 0.1) is 22.8 Å². The van der Waals surface area contributed by atoms with Crippen molar-refractivity contribution in [1.29, 1.82) is 0 Å². The van der Waals surface area contributed by atoms with Crippen molar-refractivity contribution in [2.45, 2.75) is 13.8 Å². The zero-order chi connectivity index (χ0) is 22.5. The Morgan fingerprint density at radius 3 is 2.42 bits per heavy atom. The summed E-state index contributed by atoms with van der Waals surface area (Å²) in [5.74, 6) is 1.10. The lowest BCUT2D eigenvalue weighted by atomic mass is 10.1. The lowest BCUT2D eigenvalue weighted by Crippen LogP contribution is -2.02. The minimum absolute atomic E-state index is 0.0823. The number of nitrogens with zero attached hydrogens (tertiary/aromatic N) is 2. The second kappa shape index (κ2) is 7.35. The van der Waals surface area contributed by atoms with Gasteiger partial charge in [0.25, 0.3) is 0 Å². The summed E-state index contributed by atoms with van der Waals surface area (Å²) >= 11 is 0. The quantitative estimate of drug-likeness (QED) is 0.313. The van der Waals surface area contributed by atoms with Crippen LogP contribution in [-0.4, -0.2) is 9.78 Å². The van der Waals surface area contributed by atoms with Gasteiger partial charge in [-0.3, -0.25) is 4.79 Å². The van der Waals surface area contributed by atoms with Gasteiger partial charge in [-0.15, -0.1) is 0 Å². The summed E-state index contributed by atoms with van der Waals surface area (Å²) in [5.41, 5.74) is 5.54. The summed E-state index contributed by atoms with van der Waals surface area (Å²) in [4.78, 5) is 13.0. The van der Waals surface area contributed by atoms with Crippen molar-refractivity contribution >= 4 is 21.9 Å². The number of rotatable bonds is 3. The van der Waals surface area contributed by atoms with Gasteiger partial charge in [0.2, 0.25) is 0 Å². The smallest absolute Gasteiger partial charge is 0.193 e. The van der Waals surface area contributed by atoms with E-state index in [-0.39, 0.29) is 5.43 Å². The first-order valence-electron chi connectivity index (χ1n) is 10.8. The average Bonchev–Trinajstić information content (AvgIpc) is 3.44. The SMILES string of the molecule is Cc1cc(C)c2oc(-c3cnn(-c4ccccc4)c3-c3cc4ccccc4o3)cc(=O)c2c1. The largest absolute Gasteiger partial charge is 0.455 e. The third kappa shape index (κ3) is 3.17. The number of para-hydroxylation sites is 2. The van der Waals surface area contributed by atoms with Crippen molar-refractivity contribution in [3.05, 3.63) is 106 Å². The van der Waals surface area contributed by atoms with E-state index in [0.29, 0.717) is 28.1 Å². The van der Waals surface area contributed by atoms with Crippen LogP contribution in [0.3, 0.4) is 0 Å². The number of hydrogen-bond acceptors (Lipinski definition) is 4. The first kappa shape index (κ1) is 19.3. The Balaban J connectivity index is 1.65. The second-order valence-electron chi connectivity index (χ2n) is 8.24. The number of furan rings is 1. The Kier molecular flexibility index (Phi) is 4.30. The molecule has 3 heterocycles. The molecule has 0 bridgehead atoms. The maximum Gasteiger partial charge on any atom is 0.193 e. The molecule has 6 aromatic rings. The molecule has 0 saturated carbocycles. The van der Waals surface area contributed by atoms with Crippen LogP contribution >= 0.6 is 0 Å². The third-order valence-electron chi connectivity index (χ3n) is 5.85. The molecule has 3 aromatic heterocycles. The molecule has 0 spiro atoms. The molecule has 33 heavy (non-hydrogen) atoms. The maximum atomic E-state index is 13.0. The van der Waals surface area contributed by atoms with E-state index in [1.54, 1.807) is 12.3 Å². The van der Waals surface area contributed by atoms with Crippen LogP contribution < -0.4 is 5.43 Å². The minimum Gasteiger partial charge on any atom is -0.455 e. The molecule has 160 valence electrons. The normalized spacial score (nSPS) is 11.5. The van der Waals surface area contributed by atoms with Crippen LogP contribution in [0.15, 0.2) is 98.7 Å². The summed E-state index contributed by atoms with van der Waals surface area (Å²) < 4.78 is 14.3. The van der Waals surface area contributed by atoms with Gasteiger partial charge in [0.15, 0.2) is 11.2 Å². The third-order valence-corrected chi connectivity index (χ3v) is 5.85. The summed E-state index contributed by atoms with van der Waals surface area (Å²) in [7, 11) is 0. The highest BCUT2D eigenvalue weighted by Crippen LogP contribution is 2.37. The molecule has 5 nitrogen and oxygen atoms in total. The Morgan fingerprint density at radius 1 is 0.818 bits per heavy atom. The van der Waals surface area contributed by atoms with Crippen molar-refractivity contribution in [2.24, 2.45) is 0 Å². The van der Waals surface area contributed by atoms with E-state index in [0.717, 1.165) is 33.5 Å². The molecule has 0 saturated heterocycles. The predicted octanol–water partition coefficient (Wildman–Crippen LogP) is 6.68. The zero-order valence-electron chi connectivity index (χ0n) is 18.2. The van der Waals surface area contributed by atoms with E-state index in [1.807, 2.05) is 91.3 Å². The highest BCUT2D eigenvalue weighted by Gasteiger charge is 2.22. The van der Waals surface area contributed by atoms with Gasteiger partial charge in [0, 0.05) is 11.5 Å². The first-order chi connectivity index (χ1) is 16.1. The Hall–Kier alpha value is -4.38. The highest BCUT2D eigenvalue weighted by molar-refractivity contribution is 5.88. The fraction of sp³-hybridized carbons (Fsp3) is 0.0714. The van der Waals surface area contributed by atoms with Gasteiger partial charge in [-0.05, 0) is 55.3 Å². The summed E-state index contributed by atoms with van der Waals surface area (Å²) in [6.07, 6.45) is 1.73. The molecule has 6 rings (SSSR count). The van der Waals surface area contributed by atoms with E-state index in [4.69, 9.17) is 8.83 Å². The Bertz CT molecular complexity index is 1670. The molecule has 0 radical (unpaired) electrons. The van der Waals surface area contributed by atoms with E-state index >= 15 is 0 Å². The van der Waals surface area contributed by atoms with Crippen molar-refractivity contribution in [3.63, 3.8) is 0 Å². The van der Waals surface area contributed by atoms with E-state index in [1.165, 1.54) is 0 Å². The van der Waals surface area contributed by atoms with Crippen LogP contribution in [0.1, 0.15) is 11.1 Å². The zero-order valence-corrected chi connectivity index (χ0v) is 18.2. The van der Waals surface area contributed by atoms with Gasteiger partial charge in [-0.2, -0.15) is 5.10 Å². The van der Waals surface area contributed by atoms with Gasteiger partial charge in [-0.25, -0.2) is 4.68 Å². The predicted molar refractivity (Wildman–Crippen MR) is 130 cm³/mol. The lowest BCUT2D eigenvalue weighted by Gasteiger charge is -2.09. The minimum atomic E-state index is -0.0823. The van der Waals surface area contributed by atoms with Crippen LogP contribution in [0.5, 0.6) is 0 Å². The van der Waals surface area contributed by atoms with Crippen LogP contribution in [-0.2, 0) is 0 Å². The van der Waals surface area contributed by atoms with Crippen molar-refractivity contribution in [3.8, 4) is 28.5 Å². The van der Waals surface area contributed by atoms with Crippen molar-refractivity contribution in [2.75, 3.05) is 0 Å². The second-order valence-corrected chi connectivity index (χ2v) is 8.24. The molecule has 0 N–H and O–H groups in total. The first-order valence-corrected chi connectivity index (χ1v) is 10.8. The summed E-state index contributed by atoms with van der Waals surface area (Å²) in [5, 5.41) is 6.22. The lowest BCUT2D eigenvalue weighted by molar-refractivity contribution is 0.611. The van der Waals surface area contributed by atoms with E-state index < -0.39 is 0 Å². The number of fused-ring (bicyclic) bond motifs is 2. The van der Waals surface area contributed by atoms with Gasteiger partial charge in [-0.1, -0.05) is 42.5 Å². The molecule has 0 aliphatic rings. The molecule has 0 amide bonds. The molecule has 0 aliphatic heterocycles. The maximum absolute atomic E-state index is 13.0. The van der Waals surface area contributed by atoms with Gasteiger partial charge in [0.1, 0.15) is 22.6 Å². The molecule has 0 fully saturated rings. The highest BCUT2D eigenvalue weighted by atomic mass is 16.3. The topological polar surface area (TPSA) is 61.2 Å². The van der Waals surface area contributed by atoms with E-state index in [2.05, 4.69) is 5.10 Å². The number of aryl methyl sites for hydroxylation is 2. The Morgan fingerprint density at radius 2 is 1.61 bits per heavy atom. The Labute approximate surface area is 189 Å². The molecule has 3 aromatic carbocycles. The monoisotopic (exact) mass is 432 g/mol. The van der Waals surface area contributed by atoms with Crippen LogP contribution in [0, 0.1) is 13.8 Å². The summed E-state index contributed by atoms with van der Waals surface area (Å²) in [6, 6.07) is 25.1. The average molecular weight is 432 g/mol. The van der Waals surface area contributed by atoms with Gasteiger partial charge >= 0.3 is 0 Å². The van der Waals surface area contributed by atoms with Gasteiger partial charge < -0.3 is 8.83 Å². The molecular formula is C28H20N2O3. The fourth-order valence-electron chi connectivity index (χ4n) is 4.37. The van der Waals surface area contributed by atoms with Crippen LogP contribution in [0.25, 0.3) is 50.4 Å². The number of hydrogen-bond donors (Lipinski definition) is 0. The molecule has 5 heteroatoms. The number of benzene rings is 3. The molecule has 0 aliphatic carbocycles. The molecular weight excluding hydrogens is 412 g/mol. The number of aromatic nitrogens is 2. The van der Waals surface area contributed by atoms with Crippen molar-refractivity contribution in [1.82, 2.24) is 9.78 Å². The van der Waals surface area contributed by atoms with Crippen LogP contribution in [0.2, 0.25) is 0 Å². The summed E-state index contributed by atoms with van der Waals surface area (Å²) in [6.45, 7) is 3.93. The molecule has 0 atom stereocenters. The fourth-order valence-corrected chi connectivity index (χ4v) is 4.37. The molecule has 0 unspecified atom stereocenters. The van der Waals surface area contributed by atoms with E-state index in [9.17, 15) is 4.79 Å². The standard InChI is InChI=1S/C28H20N2O3/c1-17-12-18(2)28-21(13-17)23(31)15-25(33-28)22-16-29-30(20-9-4-3-5-10-20)27(22)26-14-19-8-6-7-11-24(19)32-26/h3-16H,1-2H3. The van der Waals surface area contributed by atoms with Crippen molar-refractivity contribution < 1.29 is 8.83 Å².